The number of nitrogens with one attached hydrogen (secondary N) is 1. The van der Waals surface area contributed by atoms with E-state index >= 15 is 0 Å². The standard InChI is InChI=1S/C46H85NO5S/c1-3-5-7-9-11-13-15-17-19-21-22-23-24-26-28-30-32-34-36-38-40-42-46(49)47-44(43-53(50,51)52)45(48)41-39-37-35-33-31-29-27-25-20-18-16-14-12-10-8-6-4-2/h15,17,21-22,31,33,39,41,44-45,48H,3-14,16,18-20,23-30,32,34-38,40,42-43H2,1-2H3,(H,47,49)(H,50,51,52)/b17-15-,22-21-,33-31+,41-39+. The van der Waals surface area contributed by atoms with E-state index in [4.69, 9.17) is 0 Å². The lowest BCUT2D eigenvalue weighted by Gasteiger charge is -2.21. The predicted molar refractivity (Wildman–Crippen MR) is 230 cm³/mol. The highest BCUT2D eigenvalue weighted by molar-refractivity contribution is 7.85. The molecule has 0 saturated carbocycles. The fourth-order valence-corrected chi connectivity index (χ4v) is 7.35. The molecule has 0 aliphatic carbocycles. The van der Waals surface area contributed by atoms with Gasteiger partial charge < -0.3 is 10.4 Å². The Morgan fingerprint density at radius 3 is 1.30 bits per heavy atom. The van der Waals surface area contributed by atoms with Gasteiger partial charge in [0.2, 0.25) is 5.91 Å². The largest absolute Gasteiger partial charge is 0.387 e. The van der Waals surface area contributed by atoms with E-state index in [-0.39, 0.29) is 12.3 Å². The molecule has 0 heterocycles. The molecule has 0 spiro atoms. The molecule has 310 valence electrons. The first-order chi connectivity index (χ1) is 25.8. The SMILES string of the molecule is CCCCCCC/C=C\C/C=C\CCCCCCCCCCCC(=O)NC(CS(=O)(=O)O)C(O)/C=C/CC/C=C/CCCCCCCCCCCCC. The second-order valence-corrected chi connectivity index (χ2v) is 16.8. The first-order valence-corrected chi connectivity index (χ1v) is 23.9. The fraction of sp³-hybridized carbons (Fsp3) is 0.804. The summed E-state index contributed by atoms with van der Waals surface area (Å²) in [7, 11) is -4.36. The highest BCUT2D eigenvalue weighted by atomic mass is 32.2. The summed E-state index contributed by atoms with van der Waals surface area (Å²) < 4.78 is 32.5. The van der Waals surface area contributed by atoms with Crippen molar-refractivity contribution < 1.29 is 22.9 Å². The van der Waals surface area contributed by atoms with E-state index in [1.54, 1.807) is 0 Å². The minimum Gasteiger partial charge on any atom is -0.387 e. The van der Waals surface area contributed by atoms with Gasteiger partial charge in [-0.05, 0) is 64.2 Å². The topological polar surface area (TPSA) is 104 Å². The second-order valence-electron chi connectivity index (χ2n) is 15.3. The molecular weight excluding hydrogens is 679 g/mol. The average molecular weight is 764 g/mol. The van der Waals surface area contributed by atoms with Gasteiger partial charge in [-0.3, -0.25) is 9.35 Å². The Hall–Kier alpha value is -1.70. The quantitative estimate of drug-likeness (QED) is 0.0327. The Balaban J connectivity index is 3.92. The van der Waals surface area contributed by atoms with Crippen molar-refractivity contribution in [1.29, 1.82) is 0 Å². The third-order valence-corrected chi connectivity index (χ3v) is 10.8. The number of carbonyl (C=O) groups is 1. The number of allylic oxidation sites excluding steroid dienone is 7. The molecule has 0 aromatic heterocycles. The summed E-state index contributed by atoms with van der Waals surface area (Å²) in [5.74, 6) is -1.00. The van der Waals surface area contributed by atoms with Crippen molar-refractivity contribution in [3.8, 4) is 0 Å². The van der Waals surface area contributed by atoms with Crippen LogP contribution >= 0.6 is 0 Å². The van der Waals surface area contributed by atoms with Gasteiger partial charge in [-0.2, -0.15) is 8.42 Å². The van der Waals surface area contributed by atoms with E-state index in [1.807, 2.05) is 6.08 Å². The lowest BCUT2D eigenvalue weighted by molar-refractivity contribution is -0.122. The van der Waals surface area contributed by atoms with Crippen molar-refractivity contribution in [2.75, 3.05) is 5.75 Å². The number of carbonyl (C=O) groups excluding carboxylic acids is 1. The molecule has 0 radical (unpaired) electrons. The van der Waals surface area contributed by atoms with Crippen LogP contribution in [0.1, 0.15) is 219 Å². The van der Waals surface area contributed by atoms with Crippen LogP contribution in [0.5, 0.6) is 0 Å². The third-order valence-electron chi connectivity index (χ3n) is 9.98. The highest BCUT2D eigenvalue weighted by Gasteiger charge is 2.24. The summed E-state index contributed by atoms with van der Waals surface area (Å²) in [6, 6.07) is -1.08. The van der Waals surface area contributed by atoms with E-state index in [1.165, 1.54) is 154 Å². The van der Waals surface area contributed by atoms with Crippen LogP contribution in [0, 0.1) is 0 Å². The summed E-state index contributed by atoms with van der Waals surface area (Å²) in [6.07, 6.45) is 53.9. The van der Waals surface area contributed by atoms with Crippen LogP contribution in [-0.2, 0) is 14.9 Å². The number of hydrogen-bond donors (Lipinski definition) is 3. The average Bonchev–Trinajstić information content (AvgIpc) is 3.12. The maximum absolute atomic E-state index is 12.5. The molecule has 0 aromatic rings. The van der Waals surface area contributed by atoms with Crippen LogP contribution in [0.3, 0.4) is 0 Å². The maximum atomic E-state index is 12.5. The zero-order valence-corrected chi connectivity index (χ0v) is 35.5. The Bertz CT molecular complexity index is 1020. The molecule has 6 nitrogen and oxygen atoms in total. The first kappa shape index (κ1) is 51.3. The molecule has 0 fully saturated rings. The molecule has 0 bridgehead atoms. The van der Waals surface area contributed by atoms with E-state index in [0.29, 0.717) is 6.42 Å². The van der Waals surface area contributed by atoms with Gasteiger partial charge in [0.1, 0.15) is 0 Å². The lowest BCUT2D eigenvalue weighted by Crippen LogP contribution is -2.46. The van der Waals surface area contributed by atoms with Gasteiger partial charge in [-0.15, -0.1) is 0 Å². The summed E-state index contributed by atoms with van der Waals surface area (Å²) in [5, 5.41) is 13.2. The van der Waals surface area contributed by atoms with Crippen molar-refractivity contribution in [2.24, 2.45) is 0 Å². The Morgan fingerprint density at radius 1 is 0.509 bits per heavy atom. The zero-order chi connectivity index (χ0) is 38.9. The van der Waals surface area contributed by atoms with Gasteiger partial charge in [0, 0.05) is 6.42 Å². The summed E-state index contributed by atoms with van der Waals surface area (Å²) in [5.41, 5.74) is 0. The van der Waals surface area contributed by atoms with Crippen molar-refractivity contribution in [2.45, 2.75) is 231 Å². The molecule has 53 heavy (non-hydrogen) atoms. The molecule has 0 aromatic carbocycles. The minimum absolute atomic E-state index is 0.282. The van der Waals surface area contributed by atoms with Crippen molar-refractivity contribution >= 4 is 16.0 Å². The Kier molecular flexibility index (Phi) is 38.7. The molecule has 0 saturated heterocycles. The molecule has 0 rings (SSSR count). The van der Waals surface area contributed by atoms with Gasteiger partial charge >= 0.3 is 0 Å². The molecule has 0 aliphatic heterocycles. The molecule has 2 unspecified atom stereocenters. The Labute approximate surface area is 329 Å². The first-order valence-electron chi connectivity index (χ1n) is 22.3. The fourth-order valence-electron chi connectivity index (χ4n) is 6.61. The molecule has 3 N–H and O–H groups in total. The van der Waals surface area contributed by atoms with Gasteiger partial charge in [0.15, 0.2) is 0 Å². The molecular formula is C46H85NO5S. The van der Waals surface area contributed by atoms with Crippen LogP contribution < -0.4 is 5.32 Å². The van der Waals surface area contributed by atoms with E-state index in [0.717, 1.165) is 44.9 Å². The molecule has 7 heteroatoms. The number of rotatable bonds is 40. The molecule has 0 aliphatic rings. The van der Waals surface area contributed by atoms with Crippen LogP contribution in [0.2, 0.25) is 0 Å². The summed E-state index contributed by atoms with van der Waals surface area (Å²) in [6.45, 7) is 4.52. The summed E-state index contributed by atoms with van der Waals surface area (Å²) in [4.78, 5) is 12.5. The lowest BCUT2D eigenvalue weighted by atomic mass is 10.1. The van der Waals surface area contributed by atoms with Crippen LogP contribution in [0.4, 0.5) is 0 Å². The normalized spacial score (nSPS) is 13.7. The van der Waals surface area contributed by atoms with Crippen LogP contribution in [0.25, 0.3) is 0 Å². The van der Waals surface area contributed by atoms with Gasteiger partial charge in [-0.25, -0.2) is 0 Å². The van der Waals surface area contributed by atoms with Crippen molar-refractivity contribution in [3.05, 3.63) is 48.6 Å². The predicted octanol–water partition coefficient (Wildman–Crippen LogP) is 13.5. The van der Waals surface area contributed by atoms with E-state index in [2.05, 4.69) is 55.6 Å². The number of amides is 1. The number of hydrogen-bond acceptors (Lipinski definition) is 4. The van der Waals surface area contributed by atoms with Gasteiger partial charge in [-0.1, -0.05) is 197 Å². The molecule has 1 amide bonds. The Morgan fingerprint density at radius 2 is 0.868 bits per heavy atom. The monoisotopic (exact) mass is 764 g/mol. The zero-order valence-electron chi connectivity index (χ0n) is 34.6. The van der Waals surface area contributed by atoms with E-state index < -0.39 is 28.0 Å². The number of unbranched alkanes of at least 4 members (excludes halogenated alkanes) is 26. The minimum atomic E-state index is -4.36. The van der Waals surface area contributed by atoms with Crippen LogP contribution in [-0.4, -0.2) is 41.9 Å². The van der Waals surface area contributed by atoms with Gasteiger partial charge in [0.05, 0.1) is 17.9 Å². The van der Waals surface area contributed by atoms with Crippen molar-refractivity contribution in [3.63, 3.8) is 0 Å². The van der Waals surface area contributed by atoms with Crippen molar-refractivity contribution in [1.82, 2.24) is 5.32 Å². The highest BCUT2D eigenvalue weighted by Crippen LogP contribution is 2.14. The van der Waals surface area contributed by atoms with E-state index in [9.17, 15) is 22.9 Å². The molecule has 2 atom stereocenters. The van der Waals surface area contributed by atoms with Gasteiger partial charge in [0.25, 0.3) is 10.1 Å². The summed E-state index contributed by atoms with van der Waals surface area (Å²) >= 11 is 0. The third kappa shape index (κ3) is 41.3. The number of aliphatic hydroxyl groups excluding tert-OH is 1. The maximum Gasteiger partial charge on any atom is 0.267 e. The van der Waals surface area contributed by atoms with Crippen LogP contribution in [0.15, 0.2) is 48.6 Å². The smallest absolute Gasteiger partial charge is 0.267 e. The second kappa shape index (κ2) is 40.0. The number of aliphatic hydroxyl groups is 1.